The minimum Gasteiger partial charge on any atom is -0.487 e. The predicted molar refractivity (Wildman–Crippen MR) is 111 cm³/mol. The molecule has 0 saturated heterocycles. The largest absolute Gasteiger partial charge is 0.487 e. The van der Waals surface area contributed by atoms with Crippen molar-refractivity contribution >= 4 is 11.0 Å². The molecule has 5 nitrogen and oxygen atoms in total. The quantitative estimate of drug-likeness (QED) is 0.596. The van der Waals surface area contributed by atoms with Gasteiger partial charge < -0.3 is 19.0 Å². The van der Waals surface area contributed by atoms with E-state index in [1.54, 1.807) is 19.9 Å². The Kier molecular flexibility index (Phi) is 3.66. The molecule has 0 amide bonds. The second-order valence-electron chi connectivity index (χ2n) is 10.1. The van der Waals surface area contributed by atoms with Crippen molar-refractivity contribution in [3.05, 3.63) is 46.3 Å². The molecular weight excluding hydrogens is 368 g/mol. The van der Waals surface area contributed by atoms with Crippen LogP contribution in [0.1, 0.15) is 58.9 Å². The van der Waals surface area contributed by atoms with E-state index >= 15 is 0 Å². The Morgan fingerprint density at radius 3 is 2.69 bits per heavy atom. The van der Waals surface area contributed by atoms with E-state index in [0.29, 0.717) is 11.5 Å². The zero-order valence-electron chi connectivity index (χ0n) is 17.6. The van der Waals surface area contributed by atoms with Gasteiger partial charge >= 0.3 is 5.63 Å². The van der Waals surface area contributed by atoms with Crippen LogP contribution in [-0.2, 0) is 0 Å². The summed E-state index contributed by atoms with van der Waals surface area (Å²) in [4.78, 5) is 11.8. The number of hydrogen-bond donors (Lipinski definition) is 1. The minimum atomic E-state index is -0.883. The summed E-state index contributed by atoms with van der Waals surface area (Å²) in [5.41, 5.74) is -0.453. The van der Waals surface area contributed by atoms with Crippen molar-refractivity contribution in [3.8, 4) is 11.5 Å². The third-order valence-corrected chi connectivity index (χ3v) is 7.00. The molecule has 29 heavy (non-hydrogen) atoms. The summed E-state index contributed by atoms with van der Waals surface area (Å²) in [5, 5.41) is 11.1. The number of fused-ring (bicyclic) bond motifs is 3. The first-order valence-electron chi connectivity index (χ1n) is 10.4. The maximum atomic E-state index is 11.8. The van der Waals surface area contributed by atoms with Crippen LogP contribution in [0, 0.1) is 11.8 Å². The van der Waals surface area contributed by atoms with Crippen molar-refractivity contribution < 1.29 is 19.0 Å². The van der Waals surface area contributed by atoms with E-state index in [-0.39, 0.29) is 23.1 Å². The van der Waals surface area contributed by atoms with Gasteiger partial charge in [0, 0.05) is 35.4 Å². The van der Waals surface area contributed by atoms with E-state index in [4.69, 9.17) is 13.9 Å². The summed E-state index contributed by atoms with van der Waals surface area (Å²) in [6.45, 7) is 10.0. The predicted octanol–water partition coefficient (Wildman–Crippen LogP) is 4.55. The SMILES string of the molecule is CC(C)(O)C=CC1C2c3c4cc5oc(=O)ccc5c3OC1(C)CCC2C(C)(C)O4. The van der Waals surface area contributed by atoms with E-state index in [0.717, 1.165) is 35.3 Å². The lowest BCUT2D eigenvalue weighted by Crippen LogP contribution is -2.58. The fraction of sp³-hybridized carbons (Fsp3) is 0.542. The van der Waals surface area contributed by atoms with E-state index < -0.39 is 11.2 Å². The first-order chi connectivity index (χ1) is 13.5. The van der Waals surface area contributed by atoms with Crippen LogP contribution in [0.15, 0.2) is 39.6 Å². The van der Waals surface area contributed by atoms with Crippen molar-refractivity contribution in [1.82, 2.24) is 0 Å². The summed E-state index contributed by atoms with van der Waals surface area (Å²) in [6, 6.07) is 5.07. The standard InChI is InChI=1S/C24H28O5/c1-22(2,26)10-8-15-19-14-9-11-24(15,5)29-21-13-6-7-18(25)27-16(13)12-17(20(19)21)28-23(14,3)4/h6-8,10,12,14-15,19,26H,9,11H2,1-5H3. The van der Waals surface area contributed by atoms with Gasteiger partial charge in [0.15, 0.2) is 0 Å². The van der Waals surface area contributed by atoms with Gasteiger partial charge in [-0.25, -0.2) is 4.79 Å². The van der Waals surface area contributed by atoms with Gasteiger partial charge in [0.1, 0.15) is 28.3 Å². The summed E-state index contributed by atoms with van der Waals surface area (Å²) < 4.78 is 18.6. The molecule has 2 bridgehead atoms. The monoisotopic (exact) mass is 396 g/mol. The molecule has 4 unspecified atom stereocenters. The van der Waals surface area contributed by atoms with Gasteiger partial charge in [-0.1, -0.05) is 12.2 Å². The Hall–Kier alpha value is -2.27. The van der Waals surface area contributed by atoms with Crippen molar-refractivity contribution in [3.63, 3.8) is 0 Å². The van der Waals surface area contributed by atoms with Gasteiger partial charge in [-0.2, -0.15) is 0 Å². The molecule has 5 rings (SSSR count). The van der Waals surface area contributed by atoms with E-state index in [1.165, 1.54) is 6.07 Å². The van der Waals surface area contributed by atoms with E-state index in [9.17, 15) is 9.90 Å². The third-order valence-electron chi connectivity index (χ3n) is 7.00. The van der Waals surface area contributed by atoms with Crippen molar-refractivity contribution in [2.45, 2.75) is 70.2 Å². The maximum Gasteiger partial charge on any atom is 0.336 e. The summed E-state index contributed by atoms with van der Waals surface area (Å²) >= 11 is 0. The lowest BCUT2D eigenvalue weighted by molar-refractivity contribution is -0.0970. The van der Waals surface area contributed by atoms with Crippen molar-refractivity contribution in [2.75, 3.05) is 0 Å². The molecule has 154 valence electrons. The van der Waals surface area contributed by atoms with Gasteiger partial charge in [0.25, 0.3) is 0 Å². The van der Waals surface area contributed by atoms with Gasteiger partial charge in [0.2, 0.25) is 0 Å². The molecule has 2 aromatic rings. The molecule has 1 fully saturated rings. The number of benzene rings is 1. The van der Waals surface area contributed by atoms with Gasteiger partial charge in [0.05, 0.1) is 11.0 Å². The van der Waals surface area contributed by atoms with Gasteiger partial charge in [-0.05, 0) is 53.5 Å². The zero-order valence-corrected chi connectivity index (χ0v) is 17.6. The topological polar surface area (TPSA) is 68.9 Å². The second kappa shape index (κ2) is 5.66. The number of aliphatic hydroxyl groups is 1. The Balaban J connectivity index is 1.80. The van der Waals surface area contributed by atoms with Crippen LogP contribution >= 0.6 is 0 Å². The van der Waals surface area contributed by atoms with Crippen LogP contribution in [0.5, 0.6) is 11.5 Å². The Morgan fingerprint density at radius 2 is 1.97 bits per heavy atom. The number of ether oxygens (including phenoxy) is 2. The highest BCUT2D eigenvalue weighted by Crippen LogP contribution is 2.64. The van der Waals surface area contributed by atoms with Crippen molar-refractivity contribution in [2.24, 2.45) is 11.8 Å². The van der Waals surface area contributed by atoms with Gasteiger partial charge in [-0.3, -0.25) is 0 Å². The summed E-state index contributed by atoms with van der Waals surface area (Å²) in [7, 11) is 0. The molecule has 2 aliphatic heterocycles. The zero-order chi connectivity index (χ0) is 20.8. The fourth-order valence-electron chi connectivity index (χ4n) is 5.64. The highest BCUT2D eigenvalue weighted by molar-refractivity contribution is 5.88. The molecule has 3 aliphatic rings. The lowest BCUT2D eigenvalue weighted by Gasteiger charge is -2.58. The van der Waals surface area contributed by atoms with Crippen LogP contribution in [0.25, 0.3) is 11.0 Å². The molecule has 1 aromatic carbocycles. The molecular formula is C24H28O5. The van der Waals surface area contributed by atoms with E-state index in [1.807, 2.05) is 12.1 Å². The van der Waals surface area contributed by atoms with Crippen LogP contribution in [-0.4, -0.2) is 21.9 Å². The smallest absolute Gasteiger partial charge is 0.336 e. The van der Waals surface area contributed by atoms with Gasteiger partial charge in [-0.15, -0.1) is 0 Å². The Bertz CT molecular complexity index is 1090. The second-order valence-corrected chi connectivity index (χ2v) is 10.1. The fourth-order valence-corrected chi connectivity index (χ4v) is 5.64. The first-order valence-corrected chi connectivity index (χ1v) is 10.4. The van der Waals surface area contributed by atoms with Crippen LogP contribution < -0.4 is 15.1 Å². The molecule has 0 spiro atoms. The molecule has 0 radical (unpaired) electrons. The number of rotatable bonds is 2. The molecule has 5 heteroatoms. The number of hydrogen-bond acceptors (Lipinski definition) is 5. The summed E-state index contributed by atoms with van der Waals surface area (Å²) in [6.07, 6.45) is 5.93. The lowest BCUT2D eigenvalue weighted by atomic mass is 9.56. The third kappa shape index (κ3) is 2.74. The molecule has 4 atom stereocenters. The average molecular weight is 396 g/mol. The Morgan fingerprint density at radius 1 is 1.21 bits per heavy atom. The minimum absolute atomic E-state index is 0.121. The van der Waals surface area contributed by atoms with Crippen LogP contribution in [0.3, 0.4) is 0 Å². The Labute approximate surface area is 170 Å². The molecule has 3 heterocycles. The maximum absolute atomic E-state index is 11.8. The van der Waals surface area contributed by atoms with E-state index in [2.05, 4.69) is 26.8 Å². The molecule has 1 saturated carbocycles. The molecule has 1 aliphatic carbocycles. The average Bonchev–Trinajstić information content (AvgIpc) is 2.57. The van der Waals surface area contributed by atoms with Crippen molar-refractivity contribution in [1.29, 1.82) is 0 Å². The highest BCUT2D eigenvalue weighted by Gasteiger charge is 2.59. The van der Waals surface area contributed by atoms with Crippen LogP contribution in [0.4, 0.5) is 0 Å². The first kappa shape index (κ1) is 18.7. The molecule has 1 aromatic heterocycles. The highest BCUT2D eigenvalue weighted by atomic mass is 16.5. The summed E-state index contributed by atoms with van der Waals surface area (Å²) in [5.74, 6) is 2.18. The van der Waals surface area contributed by atoms with Crippen LogP contribution in [0.2, 0.25) is 0 Å². The molecule has 1 N–H and O–H groups in total. The normalized spacial score (nSPS) is 32.1.